The first-order chi connectivity index (χ1) is 8.13. The molecule has 0 radical (unpaired) electrons. The number of amides is 1. The van der Waals surface area contributed by atoms with E-state index in [0.717, 1.165) is 11.3 Å². The number of rotatable bonds is 6. The van der Waals surface area contributed by atoms with Crippen molar-refractivity contribution in [2.75, 3.05) is 13.7 Å². The van der Waals surface area contributed by atoms with Crippen molar-refractivity contribution < 1.29 is 9.53 Å². The highest BCUT2D eigenvalue weighted by Crippen LogP contribution is 2.17. The van der Waals surface area contributed by atoms with E-state index in [0.29, 0.717) is 13.0 Å². The molecule has 0 saturated carbocycles. The third-order valence-corrected chi connectivity index (χ3v) is 2.39. The third-order valence-electron chi connectivity index (χ3n) is 2.24. The number of hydrogen-bond acceptors (Lipinski definition) is 3. The van der Waals surface area contributed by atoms with Gasteiger partial charge >= 0.3 is 0 Å². The molecule has 1 aromatic carbocycles. The molecule has 0 fully saturated rings. The van der Waals surface area contributed by atoms with Crippen molar-refractivity contribution in [1.82, 2.24) is 5.32 Å². The number of nitrogens with one attached hydrogen (secondary N) is 1. The Hall–Kier alpha value is -1.62. The summed E-state index contributed by atoms with van der Waals surface area (Å²) in [6.07, 6.45) is 0.814. The van der Waals surface area contributed by atoms with Crippen LogP contribution in [-0.4, -0.2) is 24.6 Å². The van der Waals surface area contributed by atoms with Crippen molar-refractivity contribution >= 4 is 23.1 Å². The first-order valence-corrected chi connectivity index (χ1v) is 5.71. The zero-order valence-electron chi connectivity index (χ0n) is 9.73. The Labute approximate surface area is 106 Å². The van der Waals surface area contributed by atoms with Gasteiger partial charge in [0, 0.05) is 6.54 Å². The van der Waals surface area contributed by atoms with E-state index in [2.05, 4.69) is 17.5 Å². The Morgan fingerprint density at radius 3 is 2.82 bits per heavy atom. The Bertz CT molecular complexity index is 407. The number of carbonyl (C=O) groups is 1. The van der Waals surface area contributed by atoms with Crippen LogP contribution < -0.4 is 15.8 Å². The molecular formula is C12H16N2O2S. The molecule has 1 amide bonds. The van der Waals surface area contributed by atoms with Crippen molar-refractivity contribution in [3.05, 3.63) is 29.8 Å². The van der Waals surface area contributed by atoms with Gasteiger partial charge in [-0.15, -0.1) is 0 Å². The lowest BCUT2D eigenvalue weighted by Gasteiger charge is -2.08. The highest BCUT2D eigenvalue weighted by molar-refractivity contribution is 7.80. The molecule has 1 aromatic rings. The van der Waals surface area contributed by atoms with Gasteiger partial charge in [-0.1, -0.05) is 30.4 Å². The van der Waals surface area contributed by atoms with Crippen molar-refractivity contribution in [3.8, 4) is 5.75 Å². The zero-order valence-corrected chi connectivity index (χ0v) is 10.5. The topological polar surface area (TPSA) is 64.3 Å². The first kappa shape index (κ1) is 13.4. The summed E-state index contributed by atoms with van der Waals surface area (Å²) in [5.41, 5.74) is 6.33. The lowest BCUT2D eigenvalue weighted by Crippen LogP contribution is -2.29. The standard InChI is InChI=1S/C12H16N2O2S/c1-16-10-5-3-2-4-9(10)6-7-14-12(15)8-11(13)17/h2-5H,6-8H2,1H3,(H2,13,17)(H,14,15). The molecule has 1 rings (SSSR count). The Morgan fingerprint density at radius 2 is 2.18 bits per heavy atom. The second-order valence-electron chi connectivity index (χ2n) is 3.55. The maximum Gasteiger partial charge on any atom is 0.226 e. The van der Waals surface area contributed by atoms with E-state index in [1.165, 1.54) is 0 Å². The predicted molar refractivity (Wildman–Crippen MR) is 71.1 cm³/mol. The number of hydrogen-bond donors (Lipinski definition) is 2. The zero-order chi connectivity index (χ0) is 12.7. The van der Waals surface area contributed by atoms with Crippen LogP contribution in [0, 0.1) is 0 Å². The van der Waals surface area contributed by atoms with E-state index in [-0.39, 0.29) is 17.3 Å². The van der Waals surface area contributed by atoms with Gasteiger partial charge in [0.15, 0.2) is 0 Å². The summed E-state index contributed by atoms with van der Waals surface area (Å²) < 4.78 is 5.21. The van der Waals surface area contributed by atoms with Gasteiger partial charge in [-0.05, 0) is 18.1 Å². The summed E-state index contributed by atoms with van der Waals surface area (Å²) in [7, 11) is 1.63. The summed E-state index contributed by atoms with van der Waals surface area (Å²) >= 11 is 4.65. The van der Waals surface area contributed by atoms with Crippen molar-refractivity contribution in [3.63, 3.8) is 0 Å². The van der Waals surface area contributed by atoms with Gasteiger partial charge in [-0.3, -0.25) is 4.79 Å². The molecular weight excluding hydrogens is 236 g/mol. The van der Waals surface area contributed by atoms with Crippen LogP contribution in [-0.2, 0) is 11.2 Å². The summed E-state index contributed by atoms with van der Waals surface area (Å²) in [5.74, 6) is 0.684. The Kier molecular flexibility index (Phi) is 5.42. The number of methoxy groups -OCH3 is 1. The first-order valence-electron chi connectivity index (χ1n) is 5.30. The molecule has 92 valence electrons. The lowest BCUT2D eigenvalue weighted by molar-refractivity contribution is -0.119. The molecule has 0 spiro atoms. The second-order valence-corrected chi connectivity index (χ2v) is 4.08. The molecule has 0 aliphatic carbocycles. The molecule has 4 nitrogen and oxygen atoms in total. The number of ether oxygens (including phenoxy) is 1. The fourth-order valence-electron chi connectivity index (χ4n) is 1.47. The molecule has 3 N–H and O–H groups in total. The molecule has 0 aliphatic heterocycles. The Balaban J connectivity index is 2.40. The van der Waals surface area contributed by atoms with Crippen LogP contribution in [0.2, 0.25) is 0 Å². The van der Waals surface area contributed by atoms with Crippen molar-refractivity contribution in [1.29, 1.82) is 0 Å². The number of thiocarbonyl (C=S) groups is 1. The molecule has 5 heteroatoms. The minimum atomic E-state index is -0.146. The van der Waals surface area contributed by atoms with Gasteiger partial charge in [0.25, 0.3) is 0 Å². The number of carbonyl (C=O) groups excluding carboxylic acids is 1. The van der Waals surface area contributed by atoms with Crippen LogP contribution in [0.25, 0.3) is 0 Å². The molecule has 0 aromatic heterocycles. The van der Waals surface area contributed by atoms with Gasteiger partial charge in [0.2, 0.25) is 5.91 Å². The fraction of sp³-hybridized carbons (Fsp3) is 0.333. The largest absolute Gasteiger partial charge is 0.496 e. The smallest absolute Gasteiger partial charge is 0.226 e. The van der Waals surface area contributed by atoms with Crippen LogP contribution in [0.5, 0.6) is 5.75 Å². The van der Waals surface area contributed by atoms with E-state index < -0.39 is 0 Å². The molecule has 0 bridgehead atoms. The lowest BCUT2D eigenvalue weighted by atomic mass is 10.1. The monoisotopic (exact) mass is 252 g/mol. The highest BCUT2D eigenvalue weighted by Gasteiger charge is 2.04. The number of nitrogens with two attached hydrogens (primary N) is 1. The molecule has 0 atom stereocenters. The van der Waals surface area contributed by atoms with E-state index in [1.807, 2.05) is 24.3 Å². The van der Waals surface area contributed by atoms with Crippen LogP contribution in [0.1, 0.15) is 12.0 Å². The van der Waals surface area contributed by atoms with E-state index in [9.17, 15) is 4.79 Å². The maximum atomic E-state index is 11.3. The van der Waals surface area contributed by atoms with Crippen LogP contribution >= 0.6 is 12.2 Å². The minimum absolute atomic E-state index is 0.0985. The summed E-state index contributed by atoms with van der Waals surface area (Å²) in [6.45, 7) is 0.543. The second kappa shape index (κ2) is 6.85. The SMILES string of the molecule is COc1ccccc1CCNC(=O)CC(N)=S. The van der Waals surface area contributed by atoms with Crippen molar-refractivity contribution in [2.24, 2.45) is 5.73 Å². The molecule has 0 heterocycles. The molecule has 0 aliphatic rings. The summed E-state index contributed by atoms with van der Waals surface area (Å²) in [5, 5.41) is 2.75. The quantitative estimate of drug-likeness (QED) is 0.742. The molecule has 0 saturated heterocycles. The van der Waals surface area contributed by atoms with Crippen LogP contribution in [0.3, 0.4) is 0 Å². The third kappa shape index (κ3) is 4.82. The van der Waals surface area contributed by atoms with Gasteiger partial charge in [0.05, 0.1) is 18.5 Å². The predicted octanol–water partition coefficient (Wildman–Crippen LogP) is 1.03. The summed E-state index contributed by atoms with van der Waals surface area (Å²) in [6, 6.07) is 7.72. The van der Waals surface area contributed by atoms with E-state index in [1.54, 1.807) is 7.11 Å². The van der Waals surface area contributed by atoms with E-state index >= 15 is 0 Å². The minimum Gasteiger partial charge on any atom is -0.496 e. The van der Waals surface area contributed by atoms with E-state index in [4.69, 9.17) is 10.5 Å². The summed E-state index contributed by atoms with van der Waals surface area (Å²) in [4.78, 5) is 11.5. The fourth-order valence-corrected chi connectivity index (χ4v) is 1.60. The van der Waals surface area contributed by atoms with Gasteiger partial charge in [-0.25, -0.2) is 0 Å². The molecule has 17 heavy (non-hydrogen) atoms. The average Bonchev–Trinajstić information content (AvgIpc) is 2.28. The average molecular weight is 252 g/mol. The van der Waals surface area contributed by atoms with Gasteiger partial charge < -0.3 is 15.8 Å². The number of benzene rings is 1. The van der Waals surface area contributed by atoms with Crippen molar-refractivity contribution in [2.45, 2.75) is 12.8 Å². The normalized spacial score (nSPS) is 9.71. The van der Waals surface area contributed by atoms with Crippen LogP contribution in [0.4, 0.5) is 0 Å². The van der Waals surface area contributed by atoms with Gasteiger partial charge in [-0.2, -0.15) is 0 Å². The Morgan fingerprint density at radius 1 is 1.47 bits per heavy atom. The van der Waals surface area contributed by atoms with Gasteiger partial charge in [0.1, 0.15) is 5.75 Å². The maximum absolute atomic E-state index is 11.3. The highest BCUT2D eigenvalue weighted by atomic mass is 32.1. The number of para-hydroxylation sites is 1. The van der Waals surface area contributed by atoms with Crippen LogP contribution in [0.15, 0.2) is 24.3 Å². The molecule has 0 unspecified atom stereocenters.